The molecule has 1 aromatic heterocycles. The van der Waals surface area contributed by atoms with E-state index in [1.54, 1.807) is 6.20 Å². The number of rotatable bonds is 5. The van der Waals surface area contributed by atoms with Crippen molar-refractivity contribution < 1.29 is 4.74 Å². The third-order valence-corrected chi connectivity index (χ3v) is 3.08. The van der Waals surface area contributed by atoms with E-state index >= 15 is 0 Å². The van der Waals surface area contributed by atoms with E-state index in [1.165, 1.54) is 0 Å². The van der Waals surface area contributed by atoms with Crippen LogP contribution in [0.15, 0.2) is 12.4 Å². The first kappa shape index (κ1) is 13.1. The summed E-state index contributed by atoms with van der Waals surface area (Å²) in [5.74, 6) is 1.78. The Morgan fingerprint density at radius 3 is 3.11 bits per heavy atom. The Bertz CT molecular complexity index is 370. The van der Waals surface area contributed by atoms with Crippen LogP contribution in [0.3, 0.4) is 0 Å². The van der Waals surface area contributed by atoms with Crippen LogP contribution >= 0.6 is 0 Å². The average Bonchev–Trinajstić information content (AvgIpc) is 2.40. The summed E-state index contributed by atoms with van der Waals surface area (Å²) in [6, 6.07) is 0. The number of ether oxygens (including phenoxy) is 1. The van der Waals surface area contributed by atoms with Crippen LogP contribution in [-0.2, 0) is 4.74 Å². The van der Waals surface area contributed by atoms with Gasteiger partial charge in [-0.1, -0.05) is 0 Å². The predicted molar refractivity (Wildman–Crippen MR) is 73.1 cm³/mol. The molecule has 1 unspecified atom stereocenters. The molecule has 0 aliphatic carbocycles. The Hall–Kier alpha value is -1.36. The summed E-state index contributed by atoms with van der Waals surface area (Å²) in [5.41, 5.74) is 0. The zero-order valence-corrected chi connectivity index (χ0v) is 11.2. The number of anilines is 2. The molecule has 0 saturated carbocycles. The second-order valence-corrected chi connectivity index (χ2v) is 4.46. The van der Waals surface area contributed by atoms with E-state index in [0.29, 0.717) is 6.10 Å². The SMILES string of the molecule is CCNc1cncc(N2CCCC(OCC)C2)n1. The Labute approximate surface area is 109 Å². The van der Waals surface area contributed by atoms with E-state index in [0.717, 1.165) is 50.7 Å². The highest BCUT2D eigenvalue weighted by Crippen LogP contribution is 2.20. The Morgan fingerprint density at radius 1 is 1.44 bits per heavy atom. The smallest absolute Gasteiger partial charge is 0.149 e. The van der Waals surface area contributed by atoms with Crippen LogP contribution in [0, 0.1) is 0 Å². The van der Waals surface area contributed by atoms with Gasteiger partial charge in [-0.05, 0) is 26.7 Å². The quantitative estimate of drug-likeness (QED) is 0.865. The molecule has 1 saturated heterocycles. The first-order chi connectivity index (χ1) is 8.83. The van der Waals surface area contributed by atoms with Gasteiger partial charge in [0.1, 0.15) is 11.6 Å². The van der Waals surface area contributed by atoms with Crippen molar-refractivity contribution in [3.63, 3.8) is 0 Å². The molecule has 1 aromatic rings. The molecule has 0 bridgehead atoms. The van der Waals surface area contributed by atoms with Gasteiger partial charge < -0.3 is 15.0 Å². The predicted octanol–water partition coefficient (Wildman–Crippen LogP) is 1.91. The van der Waals surface area contributed by atoms with Crippen molar-refractivity contribution in [1.82, 2.24) is 9.97 Å². The molecule has 2 rings (SSSR count). The van der Waals surface area contributed by atoms with E-state index in [2.05, 4.69) is 27.1 Å². The van der Waals surface area contributed by atoms with Gasteiger partial charge in [-0.15, -0.1) is 0 Å². The molecular formula is C13H22N4O. The first-order valence-electron chi connectivity index (χ1n) is 6.76. The van der Waals surface area contributed by atoms with Gasteiger partial charge in [0.15, 0.2) is 0 Å². The second kappa shape index (κ2) is 6.54. The minimum Gasteiger partial charge on any atom is -0.377 e. The van der Waals surface area contributed by atoms with Crippen LogP contribution in [0.2, 0.25) is 0 Å². The van der Waals surface area contributed by atoms with E-state index in [4.69, 9.17) is 4.74 Å². The summed E-state index contributed by atoms with van der Waals surface area (Å²) in [6.07, 6.45) is 6.21. The van der Waals surface area contributed by atoms with Gasteiger partial charge >= 0.3 is 0 Å². The van der Waals surface area contributed by atoms with Gasteiger partial charge in [0.05, 0.1) is 18.5 Å². The van der Waals surface area contributed by atoms with Crippen molar-refractivity contribution in [1.29, 1.82) is 0 Å². The first-order valence-corrected chi connectivity index (χ1v) is 6.76. The zero-order chi connectivity index (χ0) is 12.8. The largest absolute Gasteiger partial charge is 0.377 e. The summed E-state index contributed by atoms with van der Waals surface area (Å²) in [4.78, 5) is 11.1. The molecule has 5 heteroatoms. The number of hydrogen-bond donors (Lipinski definition) is 1. The number of hydrogen-bond acceptors (Lipinski definition) is 5. The van der Waals surface area contributed by atoms with Gasteiger partial charge in [0, 0.05) is 26.2 Å². The van der Waals surface area contributed by atoms with E-state index < -0.39 is 0 Å². The molecule has 2 heterocycles. The third-order valence-electron chi connectivity index (χ3n) is 3.08. The van der Waals surface area contributed by atoms with Gasteiger partial charge in [-0.25, -0.2) is 4.98 Å². The van der Waals surface area contributed by atoms with E-state index in [9.17, 15) is 0 Å². The second-order valence-electron chi connectivity index (χ2n) is 4.46. The molecule has 1 fully saturated rings. The molecule has 5 nitrogen and oxygen atoms in total. The molecule has 1 N–H and O–H groups in total. The maximum Gasteiger partial charge on any atom is 0.149 e. The van der Waals surface area contributed by atoms with Crippen LogP contribution < -0.4 is 10.2 Å². The fraction of sp³-hybridized carbons (Fsp3) is 0.692. The van der Waals surface area contributed by atoms with Crippen LogP contribution in [0.4, 0.5) is 11.6 Å². The fourth-order valence-corrected chi connectivity index (χ4v) is 2.29. The molecular weight excluding hydrogens is 228 g/mol. The fourth-order valence-electron chi connectivity index (χ4n) is 2.29. The van der Waals surface area contributed by atoms with Gasteiger partial charge in [0.2, 0.25) is 0 Å². The minimum atomic E-state index is 0.327. The summed E-state index contributed by atoms with van der Waals surface area (Å²) in [7, 11) is 0. The van der Waals surface area contributed by atoms with Crippen molar-refractivity contribution in [2.75, 3.05) is 36.5 Å². The van der Waals surface area contributed by atoms with Gasteiger partial charge in [0.25, 0.3) is 0 Å². The molecule has 0 aromatic carbocycles. The summed E-state index contributed by atoms with van der Waals surface area (Å²) < 4.78 is 5.71. The minimum absolute atomic E-state index is 0.327. The van der Waals surface area contributed by atoms with Crippen molar-refractivity contribution >= 4 is 11.6 Å². The zero-order valence-electron chi connectivity index (χ0n) is 11.2. The maximum atomic E-state index is 5.71. The molecule has 100 valence electrons. The Morgan fingerprint density at radius 2 is 2.33 bits per heavy atom. The van der Waals surface area contributed by atoms with Crippen molar-refractivity contribution in [3.8, 4) is 0 Å². The highest BCUT2D eigenvalue weighted by atomic mass is 16.5. The van der Waals surface area contributed by atoms with Crippen molar-refractivity contribution in [3.05, 3.63) is 12.4 Å². The summed E-state index contributed by atoms with van der Waals surface area (Å²) in [6.45, 7) is 7.69. The summed E-state index contributed by atoms with van der Waals surface area (Å²) >= 11 is 0. The molecule has 1 aliphatic heterocycles. The maximum absolute atomic E-state index is 5.71. The van der Waals surface area contributed by atoms with Gasteiger partial charge in [-0.2, -0.15) is 0 Å². The van der Waals surface area contributed by atoms with Crippen LogP contribution in [0.25, 0.3) is 0 Å². The Kier molecular flexibility index (Phi) is 4.75. The topological polar surface area (TPSA) is 50.3 Å². The molecule has 1 atom stereocenters. The number of piperidine rings is 1. The van der Waals surface area contributed by atoms with Crippen molar-refractivity contribution in [2.45, 2.75) is 32.8 Å². The van der Waals surface area contributed by atoms with Crippen LogP contribution in [0.1, 0.15) is 26.7 Å². The molecule has 18 heavy (non-hydrogen) atoms. The average molecular weight is 250 g/mol. The number of nitrogens with zero attached hydrogens (tertiary/aromatic N) is 3. The molecule has 0 amide bonds. The van der Waals surface area contributed by atoms with Crippen LogP contribution in [0.5, 0.6) is 0 Å². The lowest BCUT2D eigenvalue weighted by molar-refractivity contribution is 0.0525. The highest BCUT2D eigenvalue weighted by Gasteiger charge is 2.21. The monoisotopic (exact) mass is 250 g/mol. The van der Waals surface area contributed by atoms with Crippen molar-refractivity contribution in [2.24, 2.45) is 0 Å². The lowest BCUT2D eigenvalue weighted by Gasteiger charge is -2.33. The van der Waals surface area contributed by atoms with E-state index in [-0.39, 0.29) is 0 Å². The van der Waals surface area contributed by atoms with Gasteiger partial charge in [-0.3, -0.25) is 4.98 Å². The third kappa shape index (κ3) is 3.32. The Balaban J connectivity index is 2.03. The van der Waals surface area contributed by atoms with E-state index in [1.807, 2.05) is 13.1 Å². The molecule has 0 radical (unpaired) electrons. The lowest BCUT2D eigenvalue weighted by Crippen LogP contribution is -2.40. The molecule has 1 aliphatic rings. The summed E-state index contributed by atoms with van der Waals surface area (Å²) in [5, 5.41) is 3.19. The molecule has 0 spiro atoms. The highest BCUT2D eigenvalue weighted by molar-refractivity contribution is 5.44. The lowest BCUT2D eigenvalue weighted by atomic mass is 10.1. The number of nitrogens with one attached hydrogen (secondary N) is 1. The standard InChI is InChI=1S/C13H22N4O/c1-3-15-12-8-14-9-13(16-12)17-7-5-6-11(10-17)18-4-2/h8-9,11H,3-7,10H2,1-2H3,(H,15,16). The van der Waals surface area contributed by atoms with Crippen LogP contribution in [-0.4, -0.2) is 42.3 Å². The number of aromatic nitrogens is 2. The normalized spacial score (nSPS) is 19.9.